The van der Waals surface area contributed by atoms with E-state index in [0.717, 1.165) is 5.56 Å². The van der Waals surface area contributed by atoms with E-state index in [1.165, 1.54) is 12.1 Å². The topological polar surface area (TPSA) is 104 Å². The Morgan fingerprint density at radius 1 is 0.760 bits per heavy atom. The molecule has 25 heavy (non-hydrogen) atoms. The molecule has 0 radical (unpaired) electrons. The summed E-state index contributed by atoms with van der Waals surface area (Å²) in [5, 5.41) is 5.03. The number of sulfonamides is 1. The first-order valence-corrected chi connectivity index (χ1v) is 9.08. The van der Waals surface area contributed by atoms with Crippen molar-refractivity contribution in [3.63, 3.8) is 0 Å². The van der Waals surface area contributed by atoms with E-state index in [1.807, 2.05) is 30.3 Å². The first kappa shape index (κ1) is 18.6. The van der Waals surface area contributed by atoms with E-state index in [0.29, 0.717) is 6.54 Å². The van der Waals surface area contributed by atoms with E-state index < -0.39 is 22.5 Å². The van der Waals surface area contributed by atoms with E-state index >= 15 is 0 Å². The minimum absolute atomic E-state index is 0.0726. The zero-order valence-corrected chi connectivity index (χ0v) is 14.3. The lowest BCUT2D eigenvalue weighted by atomic mass is 10.2. The highest BCUT2D eigenvalue weighted by Crippen LogP contribution is 2.06. The number of benzene rings is 2. The molecule has 2 aromatic carbocycles. The standard InChI is InChI=1S/C17H19N3O4S/c21-16(18-11-14-7-3-1-4-8-14)12-19-17(22)13-20-25(23,24)15-9-5-2-6-10-15/h1-10,20H,11-13H2,(H,18,21)(H,19,22). The Morgan fingerprint density at radius 2 is 1.32 bits per heavy atom. The van der Waals surface area contributed by atoms with E-state index in [4.69, 9.17) is 0 Å². The summed E-state index contributed by atoms with van der Waals surface area (Å²) in [5.41, 5.74) is 0.942. The van der Waals surface area contributed by atoms with Gasteiger partial charge in [0.2, 0.25) is 21.8 Å². The van der Waals surface area contributed by atoms with Crippen molar-refractivity contribution in [3.05, 3.63) is 66.2 Å². The number of carbonyl (C=O) groups excluding carboxylic acids is 2. The van der Waals surface area contributed by atoms with Gasteiger partial charge in [0.25, 0.3) is 0 Å². The molecule has 0 saturated carbocycles. The van der Waals surface area contributed by atoms with Gasteiger partial charge in [-0.1, -0.05) is 48.5 Å². The average Bonchev–Trinajstić information content (AvgIpc) is 2.64. The van der Waals surface area contributed by atoms with Crippen molar-refractivity contribution >= 4 is 21.8 Å². The third kappa shape index (κ3) is 6.36. The van der Waals surface area contributed by atoms with E-state index in [-0.39, 0.29) is 17.3 Å². The zero-order chi connectivity index (χ0) is 18.1. The van der Waals surface area contributed by atoms with E-state index in [2.05, 4.69) is 15.4 Å². The number of carbonyl (C=O) groups is 2. The van der Waals surface area contributed by atoms with Crippen molar-refractivity contribution in [2.45, 2.75) is 11.4 Å². The van der Waals surface area contributed by atoms with Crippen molar-refractivity contribution in [2.75, 3.05) is 13.1 Å². The quantitative estimate of drug-likeness (QED) is 0.633. The highest BCUT2D eigenvalue weighted by atomic mass is 32.2. The van der Waals surface area contributed by atoms with Gasteiger partial charge in [-0.2, -0.15) is 0 Å². The van der Waals surface area contributed by atoms with Crippen LogP contribution in [-0.2, 0) is 26.2 Å². The lowest BCUT2D eigenvalue weighted by Crippen LogP contribution is -2.41. The van der Waals surface area contributed by atoms with Crippen LogP contribution in [0.5, 0.6) is 0 Å². The van der Waals surface area contributed by atoms with Crippen LogP contribution < -0.4 is 15.4 Å². The van der Waals surface area contributed by atoms with E-state index in [1.54, 1.807) is 18.2 Å². The summed E-state index contributed by atoms with van der Waals surface area (Å²) in [6.07, 6.45) is 0. The minimum atomic E-state index is -3.75. The predicted molar refractivity (Wildman–Crippen MR) is 92.9 cm³/mol. The molecule has 0 unspecified atom stereocenters. The molecule has 2 aromatic rings. The second-order valence-corrected chi connectivity index (χ2v) is 6.94. The van der Waals surface area contributed by atoms with Gasteiger partial charge in [-0.25, -0.2) is 13.1 Å². The van der Waals surface area contributed by atoms with Crippen LogP contribution in [0.4, 0.5) is 0 Å². The van der Waals surface area contributed by atoms with Crippen LogP contribution >= 0.6 is 0 Å². The van der Waals surface area contributed by atoms with Gasteiger partial charge in [0.15, 0.2) is 0 Å². The maximum absolute atomic E-state index is 12.0. The first-order valence-electron chi connectivity index (χ1n) is 7.59. The van der Waals surface area contributed by atoms with E-state index in [9.17, 15) is 18.0 Å². The average molecular weight is 361 g/mol. The maximum Gasteiger partial charge on any atom is 0.241 e. The molecular formula is C17H19N3O4S. The monoisotopic (exact) mass is 361 g/mol. The summed E-state index contributed by atoms with van der Waals surface area (Å²) < 4.78 is 26.1. The molecule has 2 amide bonds. The van der Waals surface area contributed by atoms with Crippen LogP contribution in [0.2, 0.25) is 0 Å². The van der Waals surface area contributed by atoms with Crippen LogP contribution in [0.3, 0.4) is 0 Å². The molecule has 0 bridgehead atoms. The second kappa shape index (κ2) is 8.95. The fourth-order valence-electron chi connectivity index (χ4n) is 1.94. The summed E-state index contributed by atoms with van der Waals surface area (Å²) in [6, 6.07) is 17.1. The molecule has 132 valence electrons. The highest BCUT2D eigenvalue weighted by molar-refractivity contribution is 7.89. The van der Waals surface area contributed by atoms with Crippen molar-refractivity contribution in [3.8, 4) is 0 Å². The second-order valence-electron chi connectivity index (χ2n) is 5.18. The molecule has 0 saturated heterocycles. The van der Waals surface area contributed by atoms with Gasteiger partial charge in [0.05, 0.1) is 18.0 Å². The lowest BCUT2D eigenvalue weighted by molar-refractivity contribution is -0.125. The van der Waals surface area contributed by atoms with Gasteiger partial charge in [-0.15, -0.1) is 0 Å². The first-order chi connectivity index (χ1) is 12.0. The minimum Gasteiger partial charge on any atom is -0.350 e. The third-order valence-electron chi connectivity index (χ3n) is 3.25. The fourth-order valence-corrected chi connectivity index (χ4v) is 2.95. The molecule has 0 heterocycles. The molecule has 0 aliphatic heterocycles. The molecule has 8 heteroatoms. The molecule has 0 aliphatic rings. The Bertz CT molecular complexity index is 808. The summed E-state index contributed by atoms with van der Waals surface area (Å²) in [7, 11) is -3.75. The van der Waals surface area contributed by atoms with Crippen molar-refractivity contribution < 1.29 is 18.0 Å². The van der Waals surface area contributed by atoms with Crippen molar-refractivity contribution in [1.82, 2.24) is 15.4 Å². The Labute approximate surface area is 146 Å². The number of nitrogens with one attached hydrogen (secondary N) is 3. The van der Waals surface area contributed by atoms with Gasteiger partial charge in [0.1, 0.15) is 0 Å². The molecule has 0 aromatic heterocycles. The molecule has 3 N–H and O–H groups in total. The number of hydrogen-bond donors (Lipinski definition) is 3. The Hall–Kier alpha value is -2.71. The lowest BCUT2D eigenvalue weighted by Gasteiger charge is -2.08. The third-order valence-corrected chi connectivity index (χ3v) is 4.67. The molecule has 0 atom stereocenters. The fraction of sp³-hybridized carbons (Fsp3) is 0.176. The summed E-state index contributed by atoms with van der Waals surface area (Å²) in [4.78, 5) is 23.4. The number of hydrogen-bond acceptors (Lipinski definition) is 4. The molecule has 7 nitrogen and oxygen atoms in total. The van der Waals surface area contributed by atoms with Crippen LogP contribution in [0, 0.1) is 0 Å². The molecule has 0 aliphatic carbocycles. The van der Waals surface area contributed by atoms with Crippen LogP contribution in [0.1, 0.15) is 5.56 Å². The van der Waals surface area contributed by atoms with Gasteiger partial charge in [0, 0.05) is 6.54 Å². The summed E-state index contributed by atoms with van der Waals surface area (Å²) >= 11 is 0. The Balaban J connectivity index is 1.71. The Morgan fingerprint density at radius 3 is 1.96 bits per heavy atom. The molecular weight excluding hydrogens is 342 g/mol. The molecule has 0 spiro atoms. The van der Waals surface area contributed by atoms with Gasteiger partial charge >= 0.3 is 0 Å². The SMILES string of the molecule is O=C(CNC(=O)CNS(=O)(=O)c1ccccc1)NCc1ccccc1. The predicted octanol–water partition coefficient (Wildman–Crippen LogP) is 0.398. The van der Waals surface area contributed by atoms with Gasteiger partial charge in [-0.3, -0.25) is 9.59 Å². The molecule has 2 rings (SSSR count). The maximum atomic E-state index is 12.0. The van der Waals surface area contributed by atoms with Crippen LogP contribution in [0.25, 0.3) is 0 Å². The zero-order valence-electron chi connectivity index (χ0n) is 13.4. The van der Waals surface area contributed by atoms with Crippen molar-refractivity contribution in [2.24, 2.45) is 0 Å². The summed E-state index contributed by atoms with van der Waals surface area (Å²) in [5.74, 6) is -0.947. The van der Waals surface area contributed by atoms with Crippen LogP contribution in [0.15, 0.2) is 65.6 Å². The van der Waals surface area contributed by atoms with Gasteiger partial charge < -0.3 is 10.6 Å². The smallest absolute Gasteiger partial charge is 0.241 e. The number of rotatable bonds is 8. The highest BCUT2D eigenvalue weighted by Gasteiger charge is 2.15. The van der Waals surface area contributed by atoms with Crippen LogP contribution in [-0.4, -0.2) is 33.3 Å². The van der Waals surface area contributed by atoms with Gasteiger partial charge in [-0.05, 0) is 17.7 Å². The largest absolute Gasteiger partial charge is 0.350 e. The normalized spacial score (nSPS) is 10.9. The van der Waals surface area contributed by atoms with Crippen molar-refractivity contribution in [1.29, 1.82) is 0 Å². The number of amides is 2. The summed E-state index contributed by atoms with van der Waals surface area (Å²) in [6.45, 7) is -0.307. The molecule has 0 fully saturated rings. The Kier molecular flexibility index (Phi) is 6.67.